The first-order valence-electron chi connectivity index (χ1n) is 7.58. The van der Waals surface area contributed by atoms with Gasteiger partial charge in [0.25, 0.3) is 0 Å². The van der Waals surface area contributed by atoms with Crippen LogP contribution in [-0.2, 0) is 4.79 Å². The SMILES string of the molecule is Cc1cc(C(=O)c2c(C)cccc2F)c[nH]1.O=CNc1ccncc1. The fraction of sp³-hybridized carbons (Fsp3) is 0.105. The number of H-pyrrole nitrogens is 1. The Labute approximate surface area is 144 Å². The normalized spacial score (nSPS) is 9.72. The summed E-state index contributed by atoms with van der Waals surface area (Å²) in [6, 6.07) is 9.79. The zero-order valence-electron chi connectivity index (χ0n) is 13.9. The summed E-state index contributed by atoms with van der Waals surface area (Å²) >= 11 is 0. The number of hydrogen-bond acceptors (Lipinski definition) is 3. The maximum Gasteiger partial charge on any atom is 0.211 e. The second kappa shape index (κ2) is 8.54. The molecule has 1 aromatic carbocycles. The summed E-state index contributed by atoms with van der Waals surface area (Å²) in [5, 5.41) is 2.49. The molecule has 25 heavy (non-hydrogen) atoms. The molecule has 3 rings (SSSR count). The van der Waals surface area contributed by atoms with Crippen molar-refractivity contribution in [3.8, 4) is 0 Å². The summed E-state index contributed by atoms with van der Waals surface area (Å²) < 4.78 is 13.6. The molecule has 6 heteroatoms. The molecule has 0 atom stereocenters. The average molecular weight is 339 g/mol. The third kappa shape index (κ3) is 4.84. The van der Waals surface area contributed by atoms with Gasteiger partial charge in [-0.25, -0.2) is 4.39 Å². The second-order valence-electron chi connectivity index (χ2n) is 5.33. The molecule has 0 fully saturated rings. The van der Waals surface area contributed by atoms with E-state index < -0.39 is 5.82 Å². The van der Waals surface area contributed by atoms with E-state index in [1.54, 1.807) is 55.8 Å². The molecule has 0 saturated heterocycles. The Bertz CT molecular complexity index is 840. The molecular weight excluding hydrogens is 321 g/mol. The van der Waals surface area contributed by atoms with Gasteiger partial charge in [-0.3, -0.25) is 14.6 Å². The zero-order valence-corrected chi connectivity index (χ0v) is 13.9. The van der Waals surface area contributed by atoms with E-state index in [9.17, 15) is 14.0 Å². The van der Waals surface area contributed by atoms with Crippen molar-refractivity contribution in [1.82, 2.24) is 9.97 Å². The molecule has 3 aromatic rings. The highest BCUT2D eigenvalue weighted by Crippen LogP contribution is 2.17. The van der Waals surface area contributed by atoms with Crippen LogP contribution in [0.15, 0.2) is 55.0 Å². The van der Waals surface area contributed by atoms with Gasteiger partial charge in [0, 0.05) is 35.5 Å². The summed E-state index contributed by atoms with van der Waals surface area (Å²) in [5.41, 5.74) is 2.95. The monoisotopic (exact) mass is 339 g/mol. The van der Waals surface area contributed by atoms with Crippen molar-refractivity contribution in [3.05, 3.63) is 83.2 Å². The zero-order chi connectivity index (χ0) is 18.2. The van der Waals surface area contributed by atoms with E-state index in [2.05, 4.69) is 15.3 Å². The second-order valence-corrected chi connectivity index (χ2v) is 5.33. The van der Waals surface area contributed by atoms with Crippen molar-refractivity contribution in [3.63, 3.8) is 0 Å². The summed E-state index contributed by atoms with van der Waals surface area (Å²) in [7, 11) is 0. The van der Waals surface area contributed by atoms with E-state index in [4.69, 9.17) is 0 Å². The van der Waals surface area contributed by atoms with Gasteiger partial charge in [-0.1, -0.05) is 12.1 Å². The quantitative estimate of drug-likeness (QED) is 0.563. The minimum absolute atomic E-state index is 0.154. The highest BCUT2D eigenvalue weighted by atomic mass is 19.1. The van der Waals surface area contributed by atoms with E-state index in [-0.39, 0.29) is 11.3 Å². The van der Waals surface area contributed by atoms with Gasteiger partial charge in [0.1, 0.15) is 5.82 Å². The van der Waals surface area contributed by atoms with Crippen molar-refractivity contribution in [1.29, 1.82) is 0 Å². The minimum atomic E-state index is -0.469. The molecule has 5 nitrogen and oxygen atoms in total. The van der Waals surface area contributed by atoms with Crippen LogP contribution in [0.1, 0.15) is 27.2 Å². The Balaban J connectivity index is 0.000000212. The fourth-order valence-electron chi connectivity index (χ4n) is 2.22. The number of carbonyl (C=O) groups excluding carboxylic acids is 2. The Morgan fingerprint density at radius 2 is 1.92 bits per heavy atom. The smallest absolute Gasteiger partial charge is 0.211 e. The van der Waals surface area contributed by atoms with E-state index in [1.165, 1.54) is 6.07 Å². The van der Waals surface area contributed by atoms with Crippen LogP contribution in [0.5, 0.6) is 0 Å². The van der Waals surface area contributed by atoms with Crippen LogP contribution < -0.4 is 5.32 Å². The predicted molar refractivity (Wildman–Crippen MR) is 94.0 cm³/mol. The first-order chi connectivity index (χ1) is 12.0. The van der Waals surface area contributed by atoms with Gasteiger partial charge in [0.05, 0.1) is 5.56 Å². The van der Waals surface area contributed by atoms with Gasteiger partial charge < -0.3 is 10.3 Å². The van der Waals surface area contributed by atoms with Crippen LogP contribution >= 0.6 is 0 Å². The number of aryl methyl sites for hydroxylation is 2. The average Bonchev–Trinajstić information content (AvgIpc) is 3.03. The lowest BCUT2D eigenvalue weighted by Crippen LogP contribution is -2.05. The maximum atomic E-state index is 13.6. The predicted octanol–water partition coefficient (Wildman–Crippen LogP) is 3.65. The maximum absolute atomic E-state index is 13.6. The molecule has 0 spiro atoms. The van der Waals surface area contributed by atoms with E-state index in [0.717, 1.165) is 11.4 Å². The Kier molecular flexibility index (Phi) is 6.17. The van der Waals surface area contributed by atoms with E-state index >= 15 is 0 Å². The molecule has 0 aliphatic carbocycles. The number of rotatable bonds is 4. The van der Waals surface area contributed by atoms with Crippen molar-refractivity contribution in [2.45, 2.75) is 13.8 Å². The highest BCUT2D eigenvalue weighted by molar-refractivity contribution is 6.10. The van der Waals surface area contributed by atoms with Crippen molar-refractivity contribution in [2.24, 2.45) is 0 Å². The van der Waals surface area contributed by atoms with Crippen molar-refractivity contribution >= 4 is 17.9 Å². The van der Waals surface area contributed by atoms with E-state index in [0.29, 0.717) is 17.5 Å². The number of aromatic amines is 1. The molecule has 0 radical (unpaired) electrons. The van der Waals surface area contributed by atoms with Gasteiger partial charge in [-0.05, 0) is 43.7 Å². The van der Waals surface area contributed by atoms with Crippen LogP contribution in [0.4, 0.5) is 10.1 Å². The number of nitrogens with zero attached hydrogens (tertiary/aromatic N) is 1. The Hall–Kier alpha value is -3.28. The van der Waals surface area contributed by atoms with Gasteiger partial charge in [0.2, 0.25) is 6.41 Å². The third-order valence-corrected chi connectivity index (χ3v) is 3.44. The number of nitrogens with one attached hydrogen (secondary N) is 2. The number of pyridine rings is 1. The molecule has 2 aromatic heterocycles. The number of carbonyl (C=O) groups is 2. The Morgan fingerprint density at radius 1 is 1.20 bits per heavy atom. The van der Waals surface area contributed by atoms with Crippen LogP contribution in [0.25, 0.3) is 0 Å². The molecule has 2 heterocycles. The lowest BCUT2D eigenvalue weighted by Gasteiger charge is -2.04. The van der Waals surface area contributed by atoms with Gasteiger partial charge in [-0.15, -0.1) is 0 Å². The fourth-order valence-corrected chi connectivity index (χ4v) is 2.22. The first kappa shape index (κ1) is 18.1. The third-order valence-electron chi connectivity index (χ3n) is 3.44. The van der Waals surface area contributed by atoms with Crippen molar-refractivity contribution < 1.29 is 14.0 Å². The number of ketones is 1. The number of anilines is 1. The summed E-state index contributed by atoms with van der Waals surface area (Å²) in [4.78, 5) is 28.6. The number of hydrogen-bond donors (Lipinski definition) is 2. The number of halogens is 1. The molecule has 0 aliphatic rings. The van der Waals surface area contributed by atoms with Crippen molar-refractivity contribution in [2.75, 3.05) is 5.32 Å². The molecule has 0 aliphatic heterocycles. The van der Waals surface area contributed by atoms with Gasteiger partial charge in [-0.2, -0.15) is 0 Å². The lowest BCUT2D eigenvalue weighted by atomic mass is 10.0. The Morgan fingerprint density at radius 3 is 2.48 bits per heavy atom. The van der Waals surface area contributed by atoms with Gasteiger partial charge in [0.15, 0.2) is 5.78 Å². The molecular formula is C19H18FN3O2. The van der Waals surface area contributed by atoms with Crippen LogP contribution in [0.2, 0.25) is 0 Å². The molecule has 0 saturated carbocycles. The topological polar surface area (TPSA) is 74.8 Å². The summed E-state index contributed by atoms with van der Waals surface area (Å²) in [6.07, 6.45) is 5.47. The van der Waals surface area contributed by atoms with Crippen LogP contribution in [0.3, 0.4) is 0 Å². The van der Waals surface area contributed by atoms with Gasteiger partial charge >= 0.3 is 0 Å². The number of aromatic nitrogens is 2. The molecule has 1 amide bonds. The standard InChI is InChI=1S/C13H12FNO.C6H6N2O/c1-8-4-3-5-11(14)12(8)13(16)10-6-9(2)15-7-10;9-5-8-6-1-3-7-4-2-6/h3-7,15H,1-2H3;1-5H,(H,7,8,9). The molecule has 0 unspecified atom stereocenters. The highest BCUT2D eigenvalue weighted by Gasteiger charge is 2.16. The summed E-state index contributed by atoms with van der Waals surface area (Å²) in [6.45, 7) is 3.58. The minimum Gasteiger partial charge on any atom is -0.364 e. The largest absolute Gasteiger partial charge is 0.364 e. The first-order valence-corrected chi connectivity index (χ1v) is 7.58. The molecule has 128 valence electrons. The number of benzene rings is 1. The van der Waals surface area contributed by atoms with E-state index in [1.807, 2.05) is 6.92 Å². The summed E-state index contributed by atoms with van der Waals surface area (Å²) in [5.74, 6) is -0.746. The number of amides is 1. The molecule has 2 N–H and O–H groups in total. The lowest BCUT2D eigenvalue weighted by molar-refractivity contribution is -0.105. The van der Waals surface area contributed by atoms with Crippen LogP contribution in [0, 0.1) is 19.7 Å². The molecule has 0 bridgehead atoms. The van der Waals surface area contributed by atoms with Crippen LogP contribution in [-0.4, -0.2) is 22.2 Å².